The smallest absolute Gasteiger partial charge is 0.475 e. The molecule has 0 bridgehead atoms. The number of pyridine rings is 2. The highest BCUT2D eigenvalue weighted by atomic mass is 19.4. The van der Waals surface area contributed by atoms with Gasteiger partial charge >= 0.3 is 24.3 Å². The largest absolute Gasteiger partial charge is 0.490 e. The molecule has 4 aromatic heterocycles. The first-order valence-electron chi connectivity index (χ1n) is 13.7. The molecule has 46 heavy (non-hydrogen) atoms. The summed E-state index contributed by atoms with van der Waals surface area (Å²) in [5.74, 6) is -4.72. The number of rotatable bonds is 5. The second-order valence-corrected chi connectivity index (χ2v) is 10.2. The van der Waals surface area contributed by atoms with E-state index in [1.54, 1.807) is 6.20 Å². The van der Waals surface area contributed by atoms with Gasteiger partial charge in [-0.05, 0) is 44.2 Å². The summed E-state index contributed by atoms with van der Waals surface area (Å²) >= 11 is 0. The molecule has 0 saturated carbocycles. The summed E-state index contributed by atoms with van der Waals surface area (Å²) in [5, 5.41) is 14.2. The number of hydrogen-bond acceptors (Lipinski definition) is 6. The van der Waals surface area contributed by atoms with E-state index in [1.165, 1.54) is 0 Å². The topological polar surface area (TPSA) is 133 Å². The Kier molecular flexibility index (Phi) is 11.5. The van der Waals surface area contributed by atoms with Gasteiger partial charge in [0.15, 0.2) is 5.69 Å². The van der Waals surface area contributed by atoms with E-state index in [-0.39, 0.29) is 5.91 Å². The predicted molar refractivity (Wildman–Crippen MR) is 152 cm³/mol. The minimum absolute atomic E-state index is 0.0104. The van der Waals surface area contributed by atoms with Crippen LogP contribution in [0.3, 0.4) is 0 Å². The number of carbonyl (C=O) groups is 3. The third-order valence-corrected chi connectivity index (χ3v) is 6.65. The van der Waals surface area contributed by atoms with Crippen LogP contribution in [0.5, 0.6) is 0 Å². The summed E-state index contributed by atoms with van der Waals surface area (Å²) in [7, 11) is 0. The Morgan fingerprint density at radius 2 is 1.43 bits per heavy atom. The Labute approximate surface area is 258 Å². The lowest BCUT2D eigenvalue weighted by molar-refractivity contribution is -0.193. The first-order valence-corrected chi connectivity index (χ1v) is 13.7. The molecule has 1 amide bonds. The highest BCUT2D eigenvalue weighted by Crippen LogP contribution is 2.25. The van der Waals surface area contributed by atoms with Gasteiger partial charge in [-0.3, -0.25) is 19.1 Å². The van der Waals surface area contributed by atoms with E-state index in [0.29, 0.717) is 18.3 Å². The van der Waals surface area contributed by atoms with Crippen LogP contribution in [0.1, 0.15) is 30.0 Å². The van der Waals surface area contributed by atoms with Gasteiger partial charge in [-0.2, -0.15) is 26.3 Å². The van der Waals surface area contributed by atoms with Crippen molar-refractivity contribution in [3.05, 3.63) is 78.6 Å². The first kappa shape index (κ1) is 35.5. The molecule has 1 fully saturated rings. The standard InChI is InChI=1S/C25H28N6O.2C2HF3O2/c1-19(2)29-13-15-30(16-14-29)25(32)23-22-8-4-6-11-31(22)24(27-23)20-9-12-28(17-20)18-21-7-3-5-10-26-21;2*3-2(4,5)1(6)7/h3-12,17,19H,13-16,18H2,1-2H3;2*(H,6,7). The molecule has 17 heteroatoms. The molecule has 4 aromatic rings. The van der Waals surface area contributed by atoms with Crippen molar-refractivity contribution in [2.24, 2.45) is 0 Å². The zero-order valence-corrected chi connectivity index (χ0v) is 24.5. The van der Waals surface area contributed by atoms with Crippen molar-refractivity contribution in [1.82, 2.24) is 28.7 Å². The van der Waals surface area contributed by atoms with Crippen LogP contribution in [-0.2, 0) is 16.1 Å². The molecule has 0 radical (unpaired) electrons. The van der Waals surface area contributed by atoms with Crippen LogP contribution >= 0.6 is 0 Å². The summed E-state index contributed by atoms with van der Waals surface area (Å²) in [4.78, 5) is 44.8. The number of aromatic nitrogens is 4. The van der Waals surface area contributed by atoms with Gasteiger partial charge in [-0.1, -0.05) is 12.1 Å². The third kappa shape index (κ3) is 9.53. The normalized spacial score (nSPS) is 13.9. The van der Waals surface area contributed by atoms with Crippen molar-refractivity contribution in [2.75, 3.05) is 26.2 Å². The number of alkyl halides is 6. The maximum absolute atomic E-state index is 13.4. The van der Waals surface area contributed by atoms with Gasteiger partial charge in [0, 0.05) is 62.6 Å². The second-order valence-electron chi connectivity index (χ2n) is 10.2. The predicted octanol–water partition coefficient (Wildman–Crippen LogP) is 4.68. The van der Waals surface area contributed by atoms with E-state index in [2.05, 4.69) is 34.5 Å². The fourth-order valence-electron chi connectivity index (χ4n) is 4.34. The average Bonchev–Trinajstić information content (AvgIpc) is 3.62. The van der Waals surface area contributed by atoms with Crippen LogP contribution in [0.2, 0.25) is 0 Å². The van der Waals surface area contributed by atoms with Gasteiger partial charge < -0.3 is 19.7 Å². The number of amides is 1. The number of halogens is 6. The maximum Gasteiger partial charge on any atom is 0.490 e. The van der Waals surface area contributed by atoms with E-state index in [0.717, 1.165) is 48.8 Å². The molecule has 1 aliphatic rings. The number of aliphatic carboxylic acids is 2. The lowest BCUT2D eigenvalue weighted by atomic mass is 10.2. The Morgan fingerprint density at radius 3 is 1.96 bits per heavy atom. The molecule has 11 nitrogen and oxygen atoms in total. The Balaban J connectivity index is 0.000000345. The van der Waals surface area contributed by atoms with Gasteiger partial charge in [-0.15, -0.1) is 0 Å². The van der Waals surface area contributed by atoms with Gasteiger partial charge in [-0.25, -0.2) is 14.6 Å². The number of nitrogens with zero attached hydrogens (tertiary/aromatic N) is 6. The molecule has 2 N–H and O–H groups in total. The molecule has 1 saturated heterocycles. The third-order valence-electron chi connectivity index (χ3n) is 6.65. The van der Waals surface area contributed by atoms with Crippen molar-refractivity contribution in [3.63, 3.8) is 0 Å². The van der Waals surface area contributed by atoms with Gasteiger partial charge in [0.1, 0.15) is 5.82 Å². The zero-order valence-electron chi connectivity index (χ0n) is 24.5. The Morgan fingerprint density at radius 1 is 0.848 bits per heavy atom. The summed E-state index contributed by atoms with van der Waals surface area (Å²) in [6.45, 7) is 8.36. The van der Waals surface area contributed by atoms with Crippen molar-refractivity contribution >= 4 is 23.4 Å². The average molecular weight is 657 g/mol. The van der Waals surface area contributed by atoms with E-state index in [1.807, 2.05) is 64.2 Å². The summed E-state index contributed by atoms with van der Waals surface area (Å²) in [6.07, 6.45) is -2.30. The molecule has 0 atom stereocenters. The number of imidazole rings is 1. The molecule has 248 valence electrons. The van der Waals surface area contributed by atoms with Crippen LogP contribution in [0, 0.1) is 0 Å². The second kappa shape index (κ2) is 14.9. The van der Waals surface area contributed by atoms with E-state index in [9.17, 15) is 31.1 Å². The fraction of sp³-hybridized carbons (Fsp3) is 0.345. The highest BCUT2D eigenvalue weighted by molar-refractivity contribution is 6.00. The van der Waals surface area contributed by atoms with Gasteiger partial charge in [0.05, 0.1) is 17.8 Å². The zero-order chi connectivity index (χ0) is 34.2. The Hall–Kier alpha value is -4.93. The van der Waals surface area contributed by atoms with Crippen LogP contribution in [0.4, 0.5) is 26.3 Å². The number of piperazine rings is 1. The monoisotopic (exact) mass is 656 g/mol. The van der Waals surface area contributed by atoms with Crippen LogP contribution in [0.15, 0.2) is 67.3 Å². The quantitative estimate of drug-likeness (QED) is 0.296. The minimum Gasteiger partial charge on any atom is -0.475 e. The van der Waals surface area contributed by atoms with Crippen molar-refractivity contribution in [3.8, 4) is 11.4 Å². The number of carboxylic acid groups (broad SMARTS) is 2. The lowest BCUT2D eigenvalue weighted by Gasteiger charge is -2.36. The van der Waals surface area contributed by atoms with Crippen LogP contribution in [-0.4, -0.2) is 101 Å². The molecule has 0 spiro atoms. The molecule has 5 heterocycles. The van der Waals surface area contributed by atoms with Crippen LogP contribution in [0.25, 0.3) is 16.9 Å². The number of hydrogen-bond donors (Lipinski definition) is 2. The summed E-state index contributed by atoms with van der Waals surface area (Å²) in [5.41, 5.74) is 3.34. The number of fused-ring (bicyclic) bond motifs is 1. The first-order chi connectivity index (χ1) is 21.5. The Bertz CT molecular complexity index is 1600. The summed E-state index contributed by atoms with van der Waals surface area (Å²) < 4.78 is 67.6. The maximum atomic E-state index is 13.4. The molecular weight excluding hydrogens is 626 g/mol. The van der Waals surface area contributed by atoms with Crippen molar-refractivity contribution in [1.29, 1.82) is 0 Å². The van der Waals surface area contributed by atoms with E-state index in [4.69, 9.17) is 24.8 Å². The number of carbonyl (C=O) groups excluding carboxylic acids is 1. The summed E-state index contributed by atoms with van der Waals surface area (Å²) in [6, 6.07) is 14.4. The lowest BCUT2D eigenvalue weighted by Crippen LogP contribution is -2.50. The van der Waals surface area contributed by atoms with E-state index >= 15 is 0 Å². The molecule has 0 unspecified atom stereocenters. The van der Waals surface area contributed by atoms with Gasteiger partial charge in [0.2, 0.25) is 0 Å². The SMILES string of the molecule is CC(C)N1CCN(C(=O)c2nc(-c3ccn(Cc4ccccn4)c3)n3ccccc23)CC1.O=C(O)C(F)(F)F.O=C(O)C(F)(F)F. The molecule has 0 aromatic carbocycles. The van der Waals surface area contributed by atoms with Crippen molar-refractivity contribution in [2.45, 2.75) is 38.8 Å². The fourth-order valence-corrected chi connectivity index (χ4v) is 4.34. The number of carboxylic acids is 2. The molecule has 0 aliphatic carbocycles. The van der Waals surface area contributed by atoms with Crippen LogP contribution < -0.4 is 0 Å². The van der Waals surface area contributed by atoms with Gasteiger partial charge in [0.25, 0.3) is 5.91 Å². The van der Waals surface area contributed by atoms with Crippen molar-refractivity contribution < 1.29 is 50.9 Å². The highest BCUT2D eigenvalue weighted by Gasteiger charge is 2.39. The molecular formula is C29H30F6N6O5. The van der Waals surface area contributed by atoms with E-state index < -0.39 is 24.3 Å². The molecule has 5 rings (SSSR count). The molecule has 1 aliphatic heterocycles. The minimum atomic E-state index is -5.08.